The molecule has 1 aromatic carbocycles. The number of carbonyl (C=O) groups excluding carboxylic acids is 1. The zero-order valence-electron chi connectivity index (χ0n) is 11.7. The highest BCUT2D eigenvalue weighted by molar-refractivity contribution is 6.05. The fourth-order valence-corrected chi connectivity index (χ4v) is 1.92. The number of nitrogens with one attached hydrogen (secondary N) is 1. The zero-order valence-corrected chi connectivity index (χ0v) is 11.7. The number of aliphatic hydroxyl groups is 1. The van der Waals surface area contributed by atoms with Gasteiger partial charge in [-0.2, -0.15) is 10.3 Å². The fraction of sp³-hybridized carbons (Fsp3) is 0.0714. The molecule has 9 heteroatoms. The molecule has 0 bridgehead atoms. The summed E-state index contributed by atoms with van der Waals surface area (Å²) in [5.74, 6) is -1.38. The van der Waals surface area contributed by atoms with Crippen molar-refractivity contribution in [1.82, 2.24) is 30.4 Å². The lowest BCUT2D eigenvalue weighted by atomic mass is 10.2. The monoisotopic (exact) mass is 314 g/mol. The summed E-state index contributed by atoms with van der Waals surface area (Å²) in [6.45, 7) is 0.207. The summed E-state index contributed by atoms with van der Waals surface area (Å²) in [4.78, 5) is 11.7. The quantitative estimate of drug-likeness (QED) is 0.418. The van der Waals surface area contributed by atoms with Gasteiger partial charge in [-0.3, -0.25) is 9.48 Å². The Kier molecular flexibility index (Phi) is 3.91. The maximum Gasteiger partial charge on any atom is 0.244 e. The lowest BCUT2D eigenvalue weighted by molar-refractivity contribution is 0.103. The van der Waals surface area contributed by atoms with Crippen LogP contribution < -0.4 is 0 Å². The van der Waals surface area contributed by atoms with E-state index in [1.165, 1.54) is 23.1 Å². The number of hydrogen-bond donors (Lipinski definition) is 2. The molecule has 0 aliphatic heterocycles. The van der Waals surface area contributed by atoms with E-state index in [-0.39, 0.29) is 23.9 Å². The minimum Gasteiger partial charge on any atom is -0.507 e. The van der Waals surface area contributed by atoms with Crippen LogP contribution in [0.15, 0.2) is 42.7 Å². The van der Waals surface area contributed by atoms with Crippen LogP contribution in [0.3, 0.4) is 0 Å². The molecule has 0 aliphatic carbocycles. The molecule has 8 nitrogen and oxygen atoms in total. The third-order valence-corrected chi connectivity index (χ3v) is 3.05. The molecule has 0 aliphatic rings. The van der Waals surface area contributed by atoms with E-state index in [2.05, 4.69) is 25.7 Å². The van der Waals surface area contributed by atoms with Gasteiger partial charge in [0.2, 0.25) is 11.6 Å². The van der Waals surface area contributed by atoms with Crippen molar-refractivity contribution in [3.8, 4) is 0 Å². The van der Waals surface area contributed by atoms with Gasteiger partial charge in [-0.1, -0.05) is 18.2 Å². The highest BCUT2D eigenvalue weighted by atomic mass is 19.1. The summed E-state index contributed by atoms with van der Waals surface area (Å²) >= 11 is 0. The third kappa shape index (κ3) is 3.28. The van der Waals surface area contributed by atoms with Gasteiger partial charge in [0.15, 0.2) is 0 Å². The predicted molar refractivity (Wildman–Crippen MR) is 76.8 cm³/mol. The van der Waals surface area contributed by atoms with Crippen molar-refractivity contribution in [2.75, 3.05) is 0 Å². The second-order valence-corrected chi connectivity index (χ2v) is 4.65. The number of halogens is 1. The van der Waals surface area contributed by atoms with Gasteiger partial charge in [0, 0.05) is 17.8 Å². The summed E-state index contributed by atoms with van der Waals surface area (Å²) < 4.78 is 15.1. The number of rotatable bonds is 5. The molecule has 0 amide bonds. The molecule has 0 saturated carbocycles. The number of ketones is 1. The molecule has 0 atom stereocenters. The Hall–Kier alpha value is -3.36. The normalized spacial score (nSPS) is 11.6. The van der Waals surface area contributed by atoms with Crippen LogP contribution in [0.5, 0.6) is 0 Å². The van der Waals surface area contributed by atoms with Crippen LogP contribution in [0.4, 0.5) is 4.39 Å². The van der Waals surface area contributed by atoms with Crippen LogP contribution in [-0.4, -0.2) is 41.3 Å². The molecule has 0 fully saturated rings. The summed E-state index contributed by atoms with van der Waals surface area (Å²) in [6, 6.07) is 6.34. The number of allylic oxidation sites excluding steroid dienone is 1. The standard InChI is InChI=1S/C14H11FN6O2/c15-11-4-2-1-3-9(11)7-21-8-10(6-16-21)12(22)5-13(23)14-17-19-20-18-14/h1-6,8,22H,7H2,(H,17,18,19,20). The van der Waals surface area contributed by atoms with Gasteiger partial charge in [0.25, 0.3) is 0 Å². The molecule has 2 N–H and O–H groups in total. The van der Waals surface area contributed by atoms with Gasteiger partial charge in [-0.25, -0.2) is 4.39 Å². The molecular formula is C14H11FN6O2. The van der Waals surface area contributed by atoms with Gasteiger partial charge in [-0.15, -0.1) is 10.2 Å². The van der Waals surface area contributed by atoms with Crippen molar-refractivity contribution in [3.05, 3.63) is 65.5 Å². The number of benzene rings is 1. The second kappa shape index (κ2) is 6.18. The Morgan fingerprint density at radius 3 is 2.96 bits per heavy atom. The van der Waals surface area contributed by atoms with Crippen molar-refractivity contribution in [2.24, 2.45) is 0 Å². The second-order valence-electron chi connectivity index (χ2n) is 4.65. The van der Waals surface area contributed by atoms with E-state index in [0.29, 0.717) is 11.1 Å². The molecule has 0 spiro atoms. The van der Waals surface area contributed by atoms with Crippen LogP contribution in [0, 0.1) is 5.82 Å². The van der Waals surface area contributed by atoms with E-state index in [0.717, 1.165) is 6.08 Å². The molecular weight excluding hydrogens is 303 g/mol. The Labute approximate surface area is 129 Å². The maximum absolute atomic E-state index is 13.6. The van der Waals surface area contributed by atoms with Gasteiger partial charge in [-0.05, 0) is 11.3 Å². The van der Waals surface area contributed by atoms with E-state index >= 15 is 0 Å². The van der Waals surface area contributed by atoms with Crippen molar-refractivity contribution in [2.45, 2.75) is 6.54 Å². The van der Waals surface area contributed by atoms with Gasteiger partial charge >= 0.3 is 0 Å². The fourth-order valence-electron chi connectivity index (χ4n) is 1.92. The van der Waals surface area contributed by atoms with Gasteiger partial charge in [0.05, 0.1) is 18.3 Å². The number of aromatic nitrogens is 6. The number of aliphatic hydroxyl groups excluding tert-OH is 1. The Bertz CT molecular complexity index is 856. The number of aromatic amines is 1. The van der Waals surface area contributed by atoms with Crippen LogP contribution in [0.1, 0.15) is 21.7 Å². The molecule has 3 rings (SSSR count). The van der Waals surface area contributed by atoms with E-state index < -0.39 is 5.78 Å². The number of carbonyl (C=O) groups is 1. The van der Waals surface area contributed by atoms with E-state index in [1.54, 1.807) is 18.2 Å². The number of tetrazole rings is 1. The first-order valence-corrected chi connectivity index (χ1v) is 6.58. The van der Waals surface area contributed by atoms with Crippen molar-refractivity contribution < 1.29 is 14.3 Å². The van der Waals surface area contributed by atoms with Crippen LogP contribution >= 0.6 is 0 Å². The summed E-state index contributed by atoms with van der Waals surface area (Å²) in [6.07, 6.45) is 3.84. The van der Waals surface area contributed by atoms with Crippen molar-refractivity contribution >= 4 is 11.5 Å². The van der Waals surface area contributed by atoms with Crippen LogP contribution in [0.25, 0.3) is 5.76 Å². The van der Waals surface area contributed by atoms with Gasteiger partial charge < -0.3 is 5.11 Å². The molecule has 0 unspecified atom stereocenters. The SMILES string of the molecule is O=C(C=C(O)c1cnn(Cc2ccccc2F)c1)c1nn[nH]n1. The topological polar surface area (TPSA) is 110 Å². The molecule has 0 saturated heterocycles. The molecule has 0 radical (unpaired) electrons. The summed E-state index contributed by atoms with van der Waals surface area (Å²) in [5, 5.41) is 26.4. The lowest BCUT2D eigenvalue weighted by Gasteiger charge is -2.02. The predicted octanol–water partition coefficient (Wildman–Crippen LogP) is 1.37. The average molecular weight is 314 g/mol. The smallest absolute Gasteiger partial charge is 0.244 e. The number of H-pyrrole nitrogens is 1. The first-order valence-electron chi connectivity index (χ1n) is 6.58. The molecule has 2 aromatic heterocycles. The highest BCUT2D eigenvalue weighted by Crippen LogP contribution is 2.13. The van der Waals surface area contributed by atoms with E-state index in [1.807, 2.05) is 0 Å². The summed E-state index contributed by atoms with van der Waals surface area (Å²) in [5.41, 5.74) is 0.784. The average Bonchev–Trinajstić information content (AvgIpc) is 3.21. The van der Waals surface area contributed by atoms with Crippen molar-refractivity contribution in [3.63, 3.8) is 0 Å². The van der Waals surface area contributed by atoms with Gasteiger partial charge in [0.1, 0.15) is 11.6 Å². The van der Waals surface area contributed by atoms with Crippen LogP contribution in [-0.2, 0) is 6.54 Å². The van der Waals surface area contributed by atoms with Crippen molar-refractivity contribution in [1.29, 1.82) is 0 Å². The minimum atomic E-state index is -0.599. The van der Waals surface area contributed by atoms with E-state index in [9.17, 15) is 14.3 Å². The zero-order chi connectivity index (χ0) is 16.2. The molecule has 3 aromatic rings. The molecule has 2 heterocycles. The van der Waals surface area contributed by atoms with E-state index in [4.69, 9.17) is 0 Å². The number of nitrogens with zero attached hydrogens (tertiary/aromatic N) is 5. The largest absolute Gasteiger partial charge is 0.507 e. The lowest BCUT2D eigenvalue weighted by Crippen LogP contribution is -2.02. The third-order valence-electron chi connectivity index (χ3n) is 3.05. The minimum absolute atomic E-state index is 0.157. The molecule has 23 heavy (non-hydrogen) atoms. The number of hydrogen-bond acceptors (Lipinski definition) is 6. The highest BCUT2D eigenvalue weighted by Gasteiger charge is 2.12. The first-order chi connectivity index (χ1) is 11.1. The molecule has 116 valence electrons. The van der Waals surface area contributed by atoms with Crippen LogP contribution in [0.2, 0.25) is 0 Å². The Morgan fingerprint density at radius 1 is 1.39 bits per heavy atom. The Balaban J connectivity index is 1.76. The first kappa shape index (κ1) is 14.6. The summed E-state index contributed by atoms with van der Waals surface area (Å²) in [7, 11) is 0. The maximum atomic E-state index is 13.6. The Morgan fingerprint density at radius 2 is 2.22 bits per heavy atom.